The molecule has 2 saturated heterocycles. The molecule has 2 aromatic carbocycles. The summed E-state index contributed by atoms with van der Waals surface area (Å²) in [5.74, 6) is 0.693. The third-order valence-electron chi connectivity index (χ3n) is 12.3. The van der Waals surface area contributed by atoms with Gasteiger partial charge in [0.05, 0.1) is 24.2 Å². The fraction of sp³-hybridized carbons (Fsp3) is 0.625. The van der Waals surface area contributed by atoms with Crippen molar-refractivity contribution in [1.82, 2.24) is 14.5 Å². The van der Waals surface area contributed by atoms with Crippen molar-refractivity contribution < 1.29 is 27.4 Å². The Balaban J connectivity index is 1.24. The van der Waals surface area contributed by atoms with E-state index in [1.165, 1.54) is 5.56 Å². The van der Waals surface area contributed by atoms with Crippen LogP contribution in [0, 0.1) is 11.8 Å². The summed E-state index contributed by atoms with van der Waals surface area (Å²) in [5, 5.41) is 0.0201. The molecule has 0 spiro atoms. The van der Waals surface area contributed by atoms with E-state index in [4.69, 9.17) is 25.8 Å². The third-order valence-corrected chi connectivity index (χ3v) is 14.4. The van der Waals surface area contributed by atoms with E-state index in [-0.39, 0.29) is 5.92 Å². The van der Waals surface area contributed by atoms with Gasteiger partial charge in [-0.1, -0.05) is 36.7 Å². The first-order valence-electron chi connectivity index (χ1n) is 19.3. The summed E-state index contributed by atoms with van der Waals surface area (Å²) in [6.07, 6.45) is 10.7. The number of carbonyl (C=O) groups is 1. The van der Waals surface area contributed by atoms with Crippen LogP contribution in [0.15, 0.2) is 48.6 Å². The lowest BCUT2D eigenvalue weighted by molar-refractivity contribution is -0.108. The van der Waals surface area contributed by atoms with Crippen molar-refractivity contribution in [2.75, 3.05) is 71.0 Å². The van der Waals surface area contributed by atoms with Gasteiger partial charge < -0.3 is 19.1 Å². The van der Waals surface area contributed by atoms with Crippen LogP contribution in [0.3, 0.4) is 0 Å². The van der Waals surface area contributed by atoms with Gasteiger partial charge in [-0.05, 0) is 105 Å². The molecule has 4 heterocycles. The van der Waals surface area contributed by atoms with Crippen LogP contribution in [0.25, 0.3) is 0 Å². The Morgan fingerprint density at radius 2 is 1.90 bits per heavy atom. The highest BCUT2D eigenvalue weighted by atomic mass is 35.5. The fourth-order valence-corrected chi connectivity index (χ4v) is 10.7. The number of amides is 1. The fourth-order valence-electron chi connectivity index (χ4n) is 9.09. The Morgan fingerprint density at radius 3 is 2.71 bits per heavy atom. The number of methoxy groups -OCH3 is 1. The Hall–Kier alpha value is -2.67. The number of ether oxygens (including phenoxy) is 3. The minimum atomic E-state index is -3.92. The van der Waals surface area contributed by atoms with Gasteiger partial charge in [-0.15, -0.1) is 0 Å². The molecule has 12 heteroatoms. The van der Waals surface area contributed by atoms with Gasteiger partial charge in [0.25, 0.3) is 5.91 Å². The van der Waals surface area contributed by atoms with Crippen LogP contribution in [0.2, 0.25) is 5.02 Å². The topological polar surface area (TPSA) is 101 Å². The van der Waals surface area contributed by atoms with Gasteiger partial charge in [0.1, 0.15) is 18.0 Å². The van der Waals surface area contributed by atoms with Crippen LogP contribution >= 0.6 is 11.6 Å². The van der Waals surface area contributed by atoms with E-state index in [1.807, 2.05) is 44.4 Å². The number of piperazine rings is 1. The maximum absolute atomic E-state index is 13.6. The number of nitrogens with one attached hydrogen (secondary N) is 1. The highest BCUT2D eigenvalue weighted by Crippen LogP contribution is 2.47. The second-order valence-electron chi connectivity index (χ2n) is 15.4. The summed E-state index contributed by atoms with van der Waals surface area (Å²) in [5.41, 5.74) is 2.88. The number of hydrogen-bond donors (Lipinski definition) is 1. The molecule has 4 aliphatic heterocycles. The predicted octanol–water partition coefficient (Wildman–Crippen LogP) is 5.68. The van der Waals surface area contributed by atoms with Crippen molar-refractivity contribution in [3.05, 3.63) is 70.3 Å². The lowest BCUT2D eigenvalue weighted by Crippen LogP contribution is -2.62. The minimum Gasteiger partial charge on any atom is -0.487 e. The molecule has 2 bridgehead atoms. The lowest BCUT2D eigenvalue weighted by Gasteiger charge is -2.53. The molecule has 52 heavy (non-hydrogen) atoms. The molecule has 0 radical (unpaired) electrons. The number of nitrogens with zero attached hydrogens (tertiary/aromatic N) is 3. The summed E-state index contributed by atoms with van der Waals surface area (Å²) in [6.45, 7) is 10.1. The monoisotopic (exact) mass is 754 g/mol. The molecular formula is C40H55ClN4O6S. The number of fused-ring (bicyclic) bond motifs is 4. The van der Waals surface area contributed by atoms with E-state index < -0.39 is 26.8 Å². The van der Waals surface area contributed by atoms with Gasteiger partial charge in [-0.2, -0.15) is 0 Å². The average Bonchev–Trinajstić information content (AvgIpc) is 3.15. The van der Waals surface area contributed by atoms with E-state index in [0.29, 0.717) is 49.1 Å². The highest BCUT2D eigenvalue weighted by Gasteiger charge is 2.49. The molecule has 5 atom stereocenters. The van der Waals surface area contributed by atoms with Crippen molar-refractivity contribution in [1.29, 1.82) is 0 Å². The zero-order valence-corrected chi connectivity index (χ0v) is 32.3. The molecule has 0 aromatic heterocycles. The van der Waals surface area contributed by atoms with Crippen LogP contribution in [-0.2, 0) is 32.5 Å². The molecule has 7 rings (SSSR count). The Kier molecular flexibility index (Phi) is 11.8. The van der Waals surface area contributed by atoms with Crippen LogP contribution in [-0.4, -0.2) is 107 Å². The van der Waals surface area contributed by atoms with E-state index in [9.17, 15) is 13.2 Å². The second-order valence-corrected chi connectivity index (χ2v) is 17.8. The average molecular weight is 755 g/mol. The van der Waals surface area contributed by atoms with E-state index in [2.05, 4.69) is 31.6 Å². The predicted molar refractivity (Wildman–Crippen MR) is 205 cm³/mol. The number of benzene rings is 2. The summed E-state index contributed by atoms with van der Waals surface area (Å²) in [4.78, 5) is 21.1. The Morgan fingerprint density at radius 1 is 1.02 bits per heavy atom. The molecule has 2 aromatic rings. The molecule has 10 nitrogen and oxygen atoms in total. The number of hydrogen-bond acceptors (Lipinski definition) is 9. The van der Waals surface area contributed by atoms with E-state index in [1.54, 1.807) is 6.07 Å². The number of sulfonamides is 1. The van der Waals surface area contributed by atoms with Crippen LogP contribution < -0.4 is 14.4 Å². The maximum atomic E-state index is 13.6. The van der Waals surface area contributed by atoms with Crippen molar-refractivity contribution in [3.63, 3.8) is 0 Å². The standard InChI is InChI=1S/C40H55ClN4O6S/c1-3-35-9-4-6-16-40(49-2,28-43-18-19-44-20-21-50-27-34(44)25-43)36-14-11-31(36)24-45-17-7-5-8-29-22-33(41)13-10-32(29)26-51-38-15-12-30(23-37(38)45)39(46)42-52(35,47)48/h6,10,12-13,15-16,22-23,31,34-36H,3-5,7-9,11,14,17-21,24-28H2,1-2H3,(H,42,46)/b16-6+/t31-,34?,35+,36?,40+/m0/s1. The number of aryl methyl sites for hydroxylation is 1. The van der Waals surface area contributed by atoms with E-state index in [0.717, 1.165) is 107 Å². The van der Waals surface area contributed by atoms with Crippen LogP contribution in [0.5, 0.6) is 5.75 Å². The summed E-state index contributed by atoms with van der Waals surface area (Å²) >= 11 is 6.41. The quantitative estimate of drug-likeness (QED) is 0.396. The van der Waals surface area contributed by atoms with E-state index >= 15 is 0 Å². The molecule has 3 fully saturated rings. The van der Waals surface area contributed by atoms with Gasteiger partial charge >= 0.3 is 0 Å². The summed E-state index contributed by atoms with van der Waals surface area (Å²) in [7, 11) is -2.07. The zero-order valence-electron chi connectivity index (χ0n) is 30.7. The molecule has 5 aliphatic rings. The number of allylic oxidation sites excluding steroid dienone is 1. The lowest BCUT2D eigenvalue weighted by atomic mass is 9.63. The minimum absolute atomic E-state index is 0.272. The maximum Gasteiger partial charge on any atom is 0.264 e. The summed E-state index contributed by atoms with van der Waals surface area (Å²) in [6, 6.07) is 11.7. The number of carbonyl (C=O) groups excluding carboxylic acids is 1. The largest absolute Gasteiger partial charge is 0.487 e. The molecule has 284 valence electrons. The smallest absolute Gasteiger partial charge is 0.264 e. The zero-order chi connectivity index (χ0) is 36.3. The number of rotatable bonds is 4. The summed E-state index contributed by atoms with van der Waals surface area (Å²) < 4.78 is 48.7. The Labute approximate surface area is 314 Å². The third kappa shape index (κ3) is 8.20. The second kappa shape index (κ2) is 16.4. The van der Waals surface area contributed by atoms with Crippen molar-refractivity contribution in [2.45, 2.75) is 81.8 Å². The highest BCUT2D eigenvalue weighted by molar-refractivity contribution is 7.90. The molecule has 2 unspecified atom stereocenters. The normalized spacial score (nSPS) is 31.0. The molecule has 1 saturated carbocycles. The van der Waals surface area contributed by atoms with Crippen LogP contribution in [0.4, 0.5) is 5.69 Å². The Bertz CT molecular complexity index is 1720. The van der Waals surface area contributed by atoms with Gasteiger partial charge in [-0.3, -0.25) is 14.6 Å². The number of morpholine rings is 1. The van der Waals surface area contributed by atoms with Gasteiger partial charge in [-0.25, -0.2) is 13.1 Å². The molecule has 1 amide bonds. The van der Waals surface area contributed by atoms with Crippen molar-refractivity contribution >= 4 is 33.2 Å². The molecule has 1 aliphatic carbocycles. The number of anilines is 1. The van der Waals surface area contributed by atoms with Crippen molar-refractivity contribution in [2.24, 2.45) is 11.8 Å². The van der Waals surface area contributed by atoms with Gasteiger partial charge in [0.2, 0.25) is 10.0 Å². The molecule has 1 N–H and O–H groups in total. The van der Waals surface area contributed by atoms with Crippen LogP contribution in [0.1, 0.15) is 73.4 Å². The van der Waals surface area contributed by atoms with Gasteiger partial charge in [0.15, 0.2) is 0 Å². The SMILES string of the molecule is CC[C@@H]1CC/C=C/[C@](CN2CCN3CCOCC3C2)(OC)C2CC[C@H]2CN2CCCCc3cc(Cl)ccc3COc3ccc(cc32)C(=O)NS1(=O)=O. The molecular weight excluding hydrogens is 700 g/mol. The first-order valence-corrected chi connectivity index (χ1v) is 21.2. The first-order chi connectivity index (χ1) is 25.2. The van der Waals surface area contributed by atoms with Gasteiger partial charge in [0, 0.05) is 69.6 Å². The van der Waals surface area contributed by atoms with Crippen molar-refractivity contribution in [3.8, 4) is 5.75 Å². The number of halogens is 1. The first kappa shape index (κ1) is 37.6.